The molecule has 2 aliphatic rings. The van der Waals surface area contributed by atoms with Crippen molar-refractivity contribution in [3.8, 4) is 0 Å². The van der Waals surface area contributed by atoms with E-state index >= 15 is 0 Å². The number of hydrogen-bond acceptors (Lipinski definition) is 3. The van der Waals surface area contributed by atoms with Gasteiger partial charge in [0.05, 0.1) is 0 Å². The zero-order chi connectivity index (χ0) is 20.9. The lowest BCUT2D eigenvalue weighted by Gasteiger charge is -2.25. The van der Waals surface area contributed by atoms with Gasteiger partial charge < -0.3 is 10.2 Å². The van der Waals surface area contributed by atoms with Gasteiger partial charge in [-0.2, -0.15) is 5.10 Å². The maximum Gasteiger partial charge on any atom is 0.274 e. The van der Waals surface area contributed by atoms with Crippen LogP contribution in [0.2, 0.25) is 0 Å². The standard InChI is InChI=1S/C24H33FN4O/c1-2-29-22-12-11-19(26-14-13-18-9-5-6-10-21(18)25)17-20(22)23(27-29)24(30)28-15-7-3-4-8-16-28/h5-6,9-10,19,26H,2-4,7-8,11-17H2,1H3/t19-/m1/s1. The summed E-state index contributed by atoms with van der Waals surface area (Å²) < 4.78 is 15.9. The minimum Gasteiger partial charge on any atom is -0.337 e. The predicted molar refractivity (Wildman–Crippen MR) is 116 cm³/mol. The molecule has 1 amide bonds. The second-order valence-electron chi connectivity index (χ2n) is 8.53. The third-order valence-electron chi connectivity index (χ3n) is 6.53. The average molecular weight is 413 g/mol. The summed E-state index contributed by atoms with van der Waals surface area (Å²) in [5.74, 6) is -0.0351. The maximum atomic E-state index is 13.9. The Morgan fingerprint density at radius 2 is 1.97 bits per heavy atom. The molecule has 1 saturated heterocycles. The largest absolute Gasteiger partial charge is 0.337 e. The molecule has 0 spiro atoms. The Kier molecular flexibility index (Phi) is 6.82. The van der Waals surface area contributed by atoms with Crippen LogP contribution in [0.3, 0.4) is 0 Å². The fourth-order valence-corrected chi connectivity index (χ4v) is 4.83. The molecular weight excluding hydrogens is 379 g/mol. The van der Waals surface area contributed by atoms with Gasteiger partial charge in [-0.05, 0) is 63.6 Å². The van der Waals surface area contributed by atoms with E-state index in [2.05, 4.69) is 12.2 Å². The molecule has 0 radical (unpaired) electrons. The quantitative estimate of drug-likeness (QED) is 0.786. The van der Waals surface area contributed by atoms with Gasteiger partial charge in [0, 0.05) is 36.9 Å². The summed E-state index contributed by atoms with van der Waals surface area (Å²) in [6.45, 7) is 5.30. The van der Waals surface area contributed by atoms with Gasteiger partial charge in [0.25, 0.3) is 5.91 Å². The van der Waals surface area contributed by atoms with Crippen molar-refractivity contribution in [1.29, 1.82) is 0 Å². The molecule has 0 saturated carbocycles. The van der Waals surface area contributed by atoms with Crippen LogP contribution in [-0.4, -0.2) is 46.3 Å². The number of likely N-dealkylation sites (tertiary alicyclic amines) is 1. The predicted octanol–water partition coefficient (Wildman–Crippen LogP) is 3.75. The average Bonchev–Trinajstić information content (AvgIpc) is 2.92. The van der Waals surface area contributed by atoms with Crippen molar-refractivity contribution in [3.63, 3.8) is 0 Å². The molecule has 1 aromatic carbocycles. The molecule has 1 fully saturated rings. The lowest BCUT2D eigenvalue weighted by molar-refractivity contribution is 0.0753. The second kappa shape index (κ2) is 9.73. The number of carbonyl (C=O) groups is 1. The molecule has 0 bridgehead atoms. The molecule has 0 unspecified atom stereocenters. The van der Waals surface area contributed by atoms with E-state index in [1.54, 1.807) is 6.07 Å². The number of halogens is 1. The first kappa shape index (κ1) is 21.0. The van der Waals surface area contributed by atoms with Gasteiger partial charge in [-0.3, -0.25) is 9.48 Å². The number of benzene rings is 1. The topological polar surface area (TPSA) is 50.2 Å². The SMILES string of the molecule is CCn1nc(C(=O)N2CCCCCC2)c2c1CC[C@@H](NCCc1ccccc1F)C2. The van der Waals surface area contributed by atoms with Crippen molar-refractivity contribution in [2.24, 2.45) is 0 Å². The minimum atomic E-state index is -0.139. The summed E-state index contributed by atoms with van der Waals surface area (Å²) in [5.41, 5.74) is 3.76. The molecule has 162 valence electrons. The number of carbonyl (C=O) groups excluding carboxylic acids is 1. The summed E-state index contributed by atoms with van der Waals surface area (Å²) in [6.07, 6.45) is 8.03. The number of nitrogens with one attached hydrogen (secondary N) is 1. The lowest BCUT2D eigenvalue weighted by Crippen LogP contribution is -2.37. The highest BCUT2D eigenvalue weighted by Gasteiger charge is 2.31. The van der Waals surface area contributed by atoms with Crippen LogP contribution in [0.15, 0.2) is 24.3 Å². The molecule has 2 aromatic rings. The highest BCUT2D eigenvalue weighted by molar-refractivity contribution is 5.94. The summed E-state index contributed by atoms with van der Waals surface area (Å²) in [5, 5.41) is 8.33. The van der Waals surface area contributed by atoms with Crippen LogP contribution >= 0.6 is 0 Å². The summed E-state index contributed by atoms with van der Waals surface area (Å²) in [6, 6.07) is 7.27. The minimum absolute atomic E-state index is 0.104. The molecule has 4 rings (SSSR count). The monoisotopic (exact) mass is 412 g/mol. The molecular formula is C24H33FN4O. The van der Waals surface area contributed by atoms with Crippen LogP contribution < -0.4 is 5.32 Å². The number of amides is 1. The fourth-order valence-electron chi connectivity index (χ4n) is 4.83. The van der Waals surface area contributed by atoms with E-state index in [0.717, 1.165) is 69.4 Å². The van der Waals surface area contributed by atoms with Gasteiger partial charge in [0.2, 0.25) is 0 Å². The van der Waals surface area contributed by atoms with Crippen molar-refractivity contribution in [2.45, 2.75) is 70.9 Å². The number of hydrogen-bond donors (Lipinski definition) is 1. The lowest BCUT2D eigenvalue weighted by atomic mass is 9.91. The van der Waals surface area contributed by atoms with Crippen molar-refractivity contribution < 1.29 is 9.18 Å². The van der Waals surface area contributed by atoms with Crippen LogP contribution in [0.5, 0.6) is 0 Å². The zero-order valence-electron chi connectivity index (χ0n) is 18.0. The van der Waals surface area contributed by atoms with Crippen LogP contribution in [0, 0.1) is 5.82 Å². The Balaban J connectivity index is 1.44. The van der Waals surface area contributed by atoms with Crippen LogP contribution in [0.25, 0.3) is 0 Å². The first-order valence-corrected chi connectivity index (χ1v) is 11.5. The second-order valence-corrected chi connectivity index (χ2v) is 8.53. The molecule has 1 N–H and O–H groups in total. The first-order valence-electron chi connectivity index (χ1n) is 11.5. The molecule has 6 heteroatoms. The van der Waals surface area contributed by atoms with Gasteiger partial charge in [-0.15, -0.1) is 0 Å². The van der Waals surface area contributed by atoms with Crippen LogP contribution in [0.1, 0.15) is 66.3 Å². The maximum absolute atomic E-state index is 13.9. The molecule has 5 nitrogen and oxygen atoms in total. The van der Waals surface area contributed by atoms with E-state index in [4.69, 9.17) is 5.10 Å². The molecule has 1 atom stereocenters. The van der Waals surface area contributed by atoms with Gasteiger partial charge in [0.1, 0.15) is 5.82 Å². The molecule has 1 aliphatic carbocycles. The number of rotatable bonds is 6. The van der Waals surface area contributed by atoms with Crippen LogP contribution in [0.4, 0.5) is 4.39 Å². The normalized spacial score (nSPS) is 19.4. The Bertz CT molecular complexity index is 870. The summed E-state index contributed by atoms with van der Waals surface area (Å²) in [4.78, 5) is 15.3. The molecule has 1 aromatic heterocycles. The number of nitrogens with zero attached hydrogens (tertiary/aromatic N) is 3. The van der Waals surface area contributed by atoms with E-state index in [1.807, 2.05) is 21.7 Å². The van der Waals surface area contributed by atoms with Gasteiger partial charge in [-0.1, -0.05) is 31.0 Å². The number of aromatic nitrogens is 2. The third-order valence-corrected chi connectivity index (χ3v) is 6.53. The van der Waals surface area contributed by atoms with Crippen LogP contribution in [-0.2, 0) is 25.8 Å². The molecule has 30 heavy (non-hydrogen) atoms. The molecule has 1 aliphatic heterocycles. The highest BCUT2D eigenvalue weighted by Crippen LogP contribution is 2.27. The summed E-state index contributed by atoms with van der Waals surface area (Å²) >= 11 is 0. The smallest absolute Gasteiger partial charge is 0.274 e. The number of aryl methyl sites for hydroxylation is 1. The van der Waals surface area contributed by atoms with Crippen molar-refractivity contribution >= 4 is 5.91 Å². The Morgan fingerprint density at radius 3 is 2.70 bits per heavy atom. The number of fused-ring (bicyclic) bond motifs is 1. The van der Waals surface area contributed by atoms with Gasteiger partial charge in [0.15, 0.2) is 5.69 Å². The fraction of sp³-hybridized carbons (Fsp3) is 0.583. The van der Waals surface area contributed by atoms with Crippen molar-refractivity contribution in [2.75, 3.05) is 19.6 Å². The first-order chi connectivity index (χ1) is 14.7. The Morgan fingerprint density at radius 1 is 1.20 bits per heavy atom. The van der Waals surface area contributed by atoms with Gasteiger partial charge in [-0.25, -0.2) is 4.39 Å². The Labute approximate surface area is 178 Å². The Hall–Kier alpha value is -2.21. The van der Waals surface area contributed by atoms with E-state index in [0.29, 0.717) is 18.2 Å². The van der Waals surface area contributed by atoms with Gasteiger partial charge >= 0.3 is 0 Å². The van der Waals surface area contributed by atoms with E-state index in [9.17, 15) is 9.18 Å². The van der Waals surface area contributed by atoms with E-state index < -0.39 is 0 Å². The zero-order valence-corrected chi connectivity index (χ0v) is 18.0. The molecule has 2 heterocycles. The third kappa shape index (κ3) is 4.59. The summed E-state index contributed by atoms with van der Waals surface area (Å²) in [7, 11) is 0. The van der Waals surface area contributed by atoms with E-state index in [1.165, 1.54) is 24.6 Å². The van der Waals surface area contributed by atoms with Crippen molar-refractivity contribution in [1.82, 2.24) is 20.0 Å². The van der Waals surface area contributed by atoms with E-state index in [-0.39, 0.29) is 11.7 Å². The van der Waals surface area contributed by atoms with Crippen molar-refractivity contribution in [3.05, 3.63) is 52.6 Å². The highest BCUT2D eigenvalue weighted by atomic mass is 19.1.